The lowest BCUT2D eigenvalue weighted by Crippen LogP contribution is -2.21. The van der Waals surface area contributed by atoms with E-state index in [4.69, 9.17) is 4.74 Å². The van der Waals surface area contributed by atoms with E-state index >= 15 is 0 Å². The highest BCUT2D eigenvalue weighted by Gasteiger charge is 2.21. The van der Waals surface area contributed by atoms with Crippen LogP contribution in [-0.4, -0.2) is 47.6 Å². The lowest BCUT2D eigenvalue weighted by Gasteiger charge is -2.14. The molecule has 1 aliphatic carbocycles. The van der Waals surface area contributed by atoms with E-state index in [9.17, 15) is 0 Å². The average molecular weight is 370 g/mol. The second kappa shape index (κ2) is 8.40. The maximum Gasteiger partial charge on any atom is 0.122 e. The molecule has 0 saturated carbocycles. The van der Waals surface area contributed by atoms with Crippen molar-refractivity contribution < 1.29 is 4.74 Å². The van der Waals surface area contributed by atoms with Crippen LogP contribution in [0.25, 0.3) is 11.3 Å². The first kappa shape index (κ1) is 17.8. The summed E-state index contributed by atoms with van der Waals surface area (Å²) in [7, 11) is 0. The van der Waals surface area contributed by atoms with E-state index in [0.29, 0.717) is 0 Å². The minimum Gasteiger partial charge on any atom is -0.494 e. The summed E-state index contributed by atoms with van der Waals surface area (Å²) in [5.41, 5.74) is 5.00. The fraction of sp³-hybridized carbons (Fsp3) is 0.524. The zero-order valence-electron chi connectivity index (χ0n) is 15.5. The molecule has 0 bridgehead atoms. The van der Waals surface area contributed by atoms with Crippen molar-refractivity contribution in [2.75, 3.05) is 32.5 Å². The largest absolute Gasteiger partial charge is 0.494 e. The summed E-state index contributed by atoms with van der Waals surface area (Å²) >= 11 is 1.70. The number of likely N-dealkylation sites (tertiary alicyclic amines) is 1. The van der Waals surface area contributed by atoms with Gasteiger partial charge in [0.1, 0.15) is 10.8 Å². The van der Waals surface area contributed by atoms with Crippen molar-refractivity contribution in [1.82, 2.24) is 15.1 Å². The van der Waals surface area contributed by atoms with Crippen molar-refractivity contribution in [1.29, 1.82) is 0 Å². The maximum atomic E-state index is 5.92. The predicted molar refractivity (Wildman–Crippen MR) is 107 cm³/mol. The van der Waals surface area contributed by atoms with Crippen molar-refractivity contribution in [3.05, 3.63) is 35.4 Å². The molecular weight excluding hydrogens is 342 g/mol. The Hall–Kier alpha value is -1.59. The van der Waals surface area contributed by atoms with Gasteiger partial charge in [0.2, 0.25) is 0 Å². The molecule has 1 aromatic heterocycles. The molecule has 1 aliphatic heterocycles. The summed E-state index contributed by atoms with van der Waals surface area (Å²) < 4.78 is 5.92. The highest BCUT2D eigenvalue weighted by molar-refractivity contribution is 7.98. The van der Waals surface area contributed by atoms with Gasteiger partial charge in [0.25, 0.3) is 0 Å². The maximum absolute atomic E-state index is 5.92. The highest BCUT2D eigenvalue weighted by atomic mass is 32.2. The van der Waals surface area contributed by atoms with Gasteiger partial charge in [-0.2, -0.15) is 0 Å². The third-order valence-corrected chi connectivity index (χ3v) is 6.12. The van der Waals surface area contributed by atoms with Gasteiger partial charge in [0.05, 0.1) is 12.3 Å². The van der Waals surface area contributed by atoms with Gasteiger partial charge >= 0.3 is 0 Å². The molecular formula is C21H27N3OS. The number of fused-ring (bicyclic) bond motifs is 1. The van der Waals surface area contributed by atoms with E-state index in [-0.39, 0.29) is 0 Å². The SMILES string of the molecule is CSc1nnc(-c2ccc(OCCCN3CCCC3)cc2)c2c1CCC2. The number of aromatic nitrogens is 2. The highest BCUT2D eigenvalue weighted by Crippen LogP contribution is 2.35. The smallest absolute Gasteiger partial charge is 0.122 e. The Morgan fingerprint density at radius 2 is 1.77 bits per heavy atom. The standard InChI is InChI=1S/C21H27N3OS/c1-26-21-19-7-4-6-18(19)20(22-23-21)16-8-10-17(11-9-16)25-15-5-14-24-12-2-3-13-24/h8-11H,2-7,12-15H2,1H3. The van der Waals surface area contributed by atoms with E-state index in [2.05, 4.69) is 45.6 Å². The number of nitrogens with zero attached hydrogens (tertiary/aromatic N) is 3. The van der Waals surface area contributed by atoms with Gasteiger partial charge in [-0.3, -0.25) is 0 Å². The Labute approximate surface area is 160 Å². The molecule has 26 heavy (non-hydrogen) atoms. The van der Waals surface area contributed by atoms with Crippen molar-refractivity contribution in [2.45, 2.75) is 43.6 Å². The molecule has 0 spiro atoms. The summed E-state index contributed by atoms with van der Waals surface area (Å²) in [5.74, 6) is 0.945. The molecule has 1 aromatic carbocycles. The van der Waals surface area contributed by atoms with Crippen LogP contribution in [0.2, 0.25) is 0 Å². The minimum atomic E-state index is 0.785. The molecule has 5 heteroatoms. The molecule has 0 atom stereocenters. The first-order valence-corrected chi connectivity index (χ1v) is 11.0. The van der Waals surface area contributed by atoms with Gasteiger partial charge in [-0.05, 0) is 93.3 Å². The van der Waals surface area contributed by atoms with Gasteiger partial charge in [0, 0.05) is 12.1 Å². The Kier molecular flexibility index (Phi) is 5.75. The van der Waals surface area contributed by atoms with E-state index < -0.39 is 0 Å². The number of hydrogen-bond acceptors (Lipinski definition) is 5. The number of hydrogen-bond donors (Lipinski definition) is 0. The summed E-state index contributed by atoms with van der Waals surface area (Å²) in [6.45, 7) is 4.46. The number of rotatable bonds is 7. The lowest BCUT2D eigenvalue weighted by molar-refractivity contribution is 0.263. The lowest BCUT2D eigenvalue weighted by atomic mass is 10.0. The second-order valence-electron chi connectivity index (χ2n) is 7.14. The Bertz CT molecular complexity index is 742. The molecule has 4 rings (SSSR count). The van der Waals surface area contributed by atoms with E-state index in [1.54, 1.807) is 11.8 Å². The summed E-state index contributed by atoms with van der Waals surface area (Å²) in [6, 6.07) is 8.38. The summed E-state index contributed by atoms with van der Waals surface area (Å²) in [5, 5.41) is 10.1. The monoisotopic (exact) mass is 369 g/mol. The zero-order chi connectivity index (χ0) is 17.8. The van der Waals surface area contributed by atoms with Gasteiger partial charge in [-0.1, -0.05) is 0 Å². The van der Waals surface area contributed by atoms with E-state index in [1.165, 1.54) is 43.5 Å². The molecule has 1 fully saturated rings. The molecule has 2 heterocycles. The summed E-state index contributed by atoms with van der Waals surface area (Å²) in [4.78, 5) is 2.53. The van der Waals surface area contributed by atoms with E-state index in [0.717, 1.165) is 54.4 Å². The molecule has 2 aliphatic rings. The van der Waals surface area contributed by atoms with Crippen molar-refractivity contribution in [3.63, 3.8) is 0 Å². The van der Waals surface area contributed by atoms with Crippen LogP contribution in [-0.2, 0) is 12.8 Å². The number of ether oxygens (including phenoxy) is 1. The third-order valence-electron chi connectivity index (χ3n) is 5.41. The van der Waals surface area contributed by atoms with Crippen molar-refractivity contribution >= 4 is 11.8 Å². The van der Waals surface area contributed by atoms with Crippen LogP contribution >= 0.6 is 11.8 Å². The van der Waals surface area contributed by atoms with Crippen molar-refractivity contribution in [3.8, 4) is 17.0 Å². The molecule has 0 unspecified atom stereocenters. The topological polar surface area (TPSA) is 38.3 Å². The molecule has 4 nitrogen and oxygen atoms in total. The Morgan fingerprint density at radius 3 is 2.54 bits per heavy atom. The van der Waals surface area contributed by atoms with Crippen LogP contribution in [0.4, 0.5) is 0 Å². The Balaban J connectivity index is 1.38. The first-order chi connectivity index (χ1) is 12.8. The molecule has 0 amide bonds. The van der Waals surface area contributed by atoms with Gasteiger partial charge in [-0.25, -0.2) is 0 Å². The third kappa shape index (κ3) is 3.89. The van der Waals surface area contributed by atoms with Gasteiger partial charge < -0.3 is 9.64 Å². The minimum absolute atomic E-state index is 0.785. The first-order valence-electron chi connectivity index (χ1n) is 9.73. The number of thioether (sulfide) groups is 1. The quantitative estimate of drug-likeness (QED) is 0.540. The Morgan fingerprint density at radius 1 is 1.00 bits per heavy atom. The number of benzene rings is 1. The van der Waals surface area contributed by atoms with Gasteiger partial charge in [-0.15, -0.1) is 22.0 Å². The van der Waals surface area contributed by atoms with Crippen LogP contribution in [0.15, 0.2) is 29.3 Å². The fourth-order valence-corrected chi connectivity index (χ4v) is 4.64. The van der Waals surface area contributed by atoms with E-state index in [1.807, 2.05) is 0 Å². The van der Waals surface area contributed by atoms with Crippen LogP contribution < -0.4 is 4.74 Å². The van der Waals surface area contributed by atoms with Crippen LogP contribution in [0.3, 0.4) is 0 Å². The second-order valence-corrected chi connectivity index (χ2v) is 7.94. The van der Waals surface area contributed by atoms with Crippen molar-refractivity contribution in [2.24, 2.45) is 0 Å². The average Bonchev–Trinajstić information content (AvgIpc) is 3.37. The van der Waals surface area contributed by atoms with Gasteiger partial charge in [0.15, 0.2) is 0 Å². The predicted octanol–water partition coefficient (Wildman–Crippen LogP) is 4.22. The molecule has 0 radical (unpaired) electrons. The molecule has 2 aromatic rings. The molecule has 138 valence electrons. The van der Waals surface area contributed by atoms with Crippen LogP contribution in [0, 0.1) is 0 Å². The molecule has 0 N–H and O–H groups in total. The summed E-state index contributed by atoms with van der Waals surface area (Å²) in [6.07, 6.45) is 9.34. The normalized spacial score (nSPS) is 16.8. The molecule has 1 saturated heterocycles. The van der Waals surface area contributed by atoms with Crippen LogP contribution in [0.5, 0.6) is 5.75 Å². The fourth-order valence-electron chi connectivity index (χ4n) is 4.05. The zero-order valence-corrected chi connectivity index (χ0v) is 16.4. The van der Waals surface area contributed by atoms with Crippen LogP contribution in [0.1, 0.15) is 36.8 Å².